The maximum atomic E-state index is 14.7. The number of thioether (sulfide) groups is 1. The van der Waals surface area contributed by atoms with Crippen molar-refractivity contribution < 1.29 is 57.3 Å². The van der Waals surface area contributed by atoms with Crippen LogP contribution in [0.2, 0.25) is 0 Å². The van der Waals surface area contributed by atoms with Crippen molar-refractivity contribution in [3.05, 3.63) is 51.5 Å². The van der Waals surface area contributed by atoms with Crippen LogP contribution in [0.15, 0.2) is 29.6 Å². The molecule has 2 heterocycles. The van der Waals surface area contributed by atoms with Gasteiger partial charge in [-0.1, -0.05) is 70.4 Å². The highest BCUT2D eigenvalue weighted by Crippen LogP contribution is 2.31. The molecule has 0 radical (unpaired) electrons. The van der Waals surface area contributed by atoms with E-state index >= 15 is 0 Å². The number of nitrogens with one attached hydrogen (secondary N) is 5. The maximum absolute atomic E-state index is 14.7. The minimum Gasteiger partial charge on any atom is -0.465 e. The van der Waals surface area contributed by atoms with Gasteiger partial charge in [-0.3, -0.25) is 38.5 Å². The van der Waals surface area contributed by atoms with E-state index in [-0.39, 0.29) is 64.9 Å². The fourth-order valence-electron chi connectivity index (χ4n) is 9.24. The number of ether oxygens (including phenoxy) is 4. The second-order valence-corrected chi connectivity index (χ2v) is 22.6. The van der Waals surface area contributed by atoms with E-state index in [0.29, 0.717) is 90.0 Å². The lowest BCUT2D eigenvalue weighted by Gasteiger charge is -2.38. The Bertz CT molecular complexity index is 2180. The number of methoxy groups -OCH3 is 1. The molecule has 0 saturated carbocycles. The molecule has 0 spiro atoms. The Morgan fingerprint density at radius 1 is 0.936 bits per heavy atom. The summed E-state index contributed by atoms with van der Waals surface area (Å²) in [6, 6.07) is 3.59. The smallest absolute Gasteiger partial charge is 0.408 e. The van der Waals surface area contributed by atoms with E-state index in [2.05, 4.69) is 26.6 Å². The molecule has 5 unspecified atom stereocenters. The lowest BCUT2D eigenvalue weighted by molar-refractivity contribution is -0.141. The number of piperidine rings is 1. The van der Waals surface area contributed by atoms with Crippen molar-refractivity contribution in [3.63, 3.8) is 0 Å². The predicted molar refractivity (Wildman–Crippen MR) is 303 cm³/mol. The van der Waals surface area contributed by atoms with Crippen molar-refractivity contribution in [2.45, 2.75) is 174 Å². The fourth-order valence-corrected chi connectivity index (χ4v) is 10.4. The van der Waals surface area contributed by atoms with E-state index in [4.69, 9.17) is 23.9 Å². The zero-order valence-corrected chi connectivity index (χ0v) is 49.7. The Morgan fingerprint density at radius 2 is 1.67 bits per heavy atom. The van der Waals surface area contributed by atoms with Gasteiger partial charge in [0.05, 0.1) is 31.1 Å². The fraction of sp³-hybridized carbons (Fsp3) is 0.696. The summed E-state index contributed by atoms with van der Waals surface area (Å²) in [6.07, 6.45) is 5.16. The quantitative estimate of drug-likeness (QED) is 0.0388. The van der Waals surface area contributed by atoms with E-state index < -0.39 is 60.3 Å². The van der Waals surface area contributed by atoms with Crippen LogP contribution in [0.4, 0.5) is 4.79 Å². The maximum Gasteiger partial charge on any atom is 0.408 e. The van der Waals surface area contributed by atoms with Gasteiger partial charge < -0.3 is 50.4 Å². The number of unbranched alkanes of at least 4 members (excludes halogenated alkanes) is 1. The molecule has 1 aliphatic heterocycles. The van der Waals surface area contributed by atoms with E-state index in [0.717, 1.165) is 41.9 Å². The number of hydrogen-bond donors (Lipinski definition) is 5. The lowest BCUT2D eigenvalue weighted by atomic mass is 9.92. The minimum absolute atomic E-state index is 0.0229. The second kappa shape index (κ2) is 36.2. The Kier molecular flexibility index (Phi) is 31.1. The molecule has 1 aliphatic rings. The standard InChI is InChI=1S/C56H90N8O12S2/c1-12-38(5)50(62-53(70)45-19-14-16-26-63(45)8)55(71)64(9)46(36(2)3)32-48(54-61-44(33-78-54)52(69)59-42(30-39(6)75-35-65)31-41-23-21-37(4)22-24-41)76-56(72)58-40(7)51(68)60-43(18-13-15-25-57-49(67)34-77-11)47(66)20-17-27-74-29-28-73-10/h21-24,33,35-36,38-40,42-43,45-46,48,50H,12-20,25-32,34H2,1-11H3,(H,57,67)(H,58,72)(H,59,69)(H,60,68)(H,62,70)/t38?,39?,40?,42-,43?,45?,46-,48-,50+/m1/s1. The normalized spacial score (nSPS) is 16.7. The molecule has 22 heteroatoms. The average Bonchev–Trinajstić information content (AvgIpc) is 3.92. The Hall–Kier alpha value is -5.16. The molecule has 1 aromatic carbocycles. The zero-order chi connectivity index (χ0) is 57.7. The van der Waals surface area contributed by atoms with Crippen LogP contribution in [0.1, 0.15) is 145 Å². The molecular weight excluding hydrogens is 1040 g/mol. The van der Waals surface area contributed by atoms with Crippen LogP contribution >= 0.6 is 23.1 Å². The van der Waals surface area contributed by atoms with Gasteiger partial charge in [0.25, 0.3) is 12.4 Å². The largest absolute Gasteiger partial charge is 0.465 e. The topological polar surface area (TPSA) is 253 Å². The molecule has 1 aromatic heterocycles. The zero-order valence-electron chi connectivity index (χ0n) is 48.0. The van der Waals surface area contributed by atoms with Crippen LogP contribution in [0.3, 0.4) is 0 Å². The third kappa shape index (κ3) is 23.7. The number of alkyl carbamates (subject to hydrolysis) is 1. The minimum atomic E-state index is -1.18. The summed E-state index contributed by atoms with van der Waals surface area (Å²) in [6.45, 7) is 15.7. The van der Waals surface area contributed by atoms with Gasteiger partial charge in [0, 0.05) is 64.0 Å². The van der Waals surface area contributed by atoms with Crippen LogP contribution in [0.25, 0.3) is 0 Å². The van der Waals surface area contributed by atoms with Crippen molar-refractivity contribution in [2.75, 3.05) is 66.1 Å². The monoisotopic (exact) mass is 1130 g/mol. The summed E-state index contributed by atoms with van der Waals surface area (Å²) in [5.41, 5.74) is 2.09. The number of likely N-dealkylation sites (N-methyl/N-ethyl adjacent to an activating group) is 2. The molecule has 9 atom stereocenters. The van der Waals surface area contributed by atoms with Crippen LogP contribution in [0.5, 0.6) is 0 Å². The molecular formula is C56H90N8O12S2. The molecule has 438 valence electrons. The number of ketones is 1. The summed E-state index contributed by atoms with van der Waals surface area (Å²) < 4.78 is 21.9. The van der Waals surface area contributed by atoms with Crippen LogP contribution < -0.4 is 26.6 Å². The SMILES string of the molecule is CCC(C)[C@H](NC(=O)C1CCCCN1C)C(=O)N(C)[C@H](C[C@@H](OC(=O)NC(C)C(=O)NC(CCCCNC(=O)CSC)C(=O)CCCOCCOC)c1nc(C(=O)N[C@@H](Cc2ccc(C)cc2)CC(C)OC=O)cs1)C(C)C. The van der Waals surface area contributed by atoms with Crippen molar-refractivity contribution >= 4 is 71.0 Å². The number of rotatable bonds is 37. The molecule has 3 rings (SSSR count). The van der Waals surface area contributed by atoms with E-state index in [1.807, 2.05) is 77.1 Å². The first-order valence-electron chi connectivity index (χ1n) is 27.5. The van der Waals surface area contributed by atoms with Crippen LogP contribution in [-0.2, 0) is 54.1 Å². The number of carbonyl (C=O) groups is 8. The van der Waals surface area contributed by atoms with Crippen LogP contribution in [-0.4, -0.2) is 171 Å². The van der Waals surface area contributed by atoms with Gasteiger partial charge in [-0.15, -0.1) is 11.3 Å². The Morgan fingerprint density at radius 3 is 2.32 bits per heavy atom. The van der Waals surface area contributed by atoms with Gasteiger partial charge in [0.15, 0.2) is 11.9 Å². The number of aryl methyl sites for hydroxylation is 1. The van der Waals surface area contributed by atoms with E-state index in [9.17, 15) is 38.4 Å². The van der Waals surface area contributed by atoms with Crippen molar-refractivity contribution in [1.82, 2.24) is 41.4 Å². The molecule has 1 saturated heterocycles. The van der Waals surface area contributed by atoms with Gasteiger partial charge in [0.1, 0.15) is 28.9 Å². The molecule has 5 N–H and O–H groups in total. The predicted octanol–water partition coefficient (Wildman–Crippen LogP) is 5.93. The molecule has 78 heavy (non-hydrogen) atoms. The highest BCUT2D eigenvalue weighted by atomic mass is 32.2. The summed E-state index contributed by atoms with van der Waals surface area (Å²) in [5, 5.41) is 16.3. The first-order chi connectivity index (χ1) is 37.2. The number of amides is 6. The third-order valence-electron chi connectivity index (χ3n) is 14.1. The number of likely N-dealkylation sites (tertiary alicyclic amines) is 1. The molecule has 1 fully saturated rings. The molecule has 0 aliphatic carbocycles. The van der Waals surface area contributed by atoms with Crippen molar-refractivity contribution in [2.24, 2.45) is 11.8 Å². The van der Waals surface area contributed by atoms with Crippen LogP contribution in [0, 0.1) is 18.8 Å². The summed E-state index contributed by atoms with van der Waals surface area (Å²) in [5.74, 6) is -2.03. The third-order valence-corrected chi connectivity index (χ3v) is 15.6. The van der Waals surface area contributed by atoms with E-state index in [1.165, 1.54) is 18.7 Å². The first-order valence-corrected chi connectivity index (χ1v) is 29.8. The molecule has 20 nitrogen and oxygen atoms in total. The van der Waals surface area contributed by atoms with Gasteiger partial charge in [-0.25, -0.2) is 9.78 Å². The molecule has 0 bridgehead atoms. The molecule has 6 amide bonds. The Balaban J connectivity index is 1.93. The lowest BCUT2D eigenvalue weighted by Crippen LogP contribution is -2.58. The number of nitrogens with zero attached hydrogens (tertiary/aromatic N) is 3. The number of benzene rings is 1. The Labute approximate surface area is 471 Å². The highest BCUT2D eigenvalue weighted by Gasteiger charge is 2.38. The van der Waals surface area contributed by atoms with Gasteiger partial charge >= 0.3 is 6.09 Å². The number of thiazole rings is 1. The van der Waals surface area contributed by atoms with Crippen molar-refractivity contribution in [1.29, 1.82) is 0 Å². The number of hydrogen-bond acceptors (Lipinski definition) is 16. The van der Waals surface area contributed by atoms with Crippen molar-refractivity contribution in [3.8, 4) is 0 Å². The summed E-state index contributed by atoms with van der Waals surface area (Å²) in [4.78, 5) is 116. The average molecular weight is 1130 g/mol. The number of carbonyl (C=O) groups excluding carboxylic acids is 8. The summed E-state index contributed by atoms with van der Waals surface area (Å²) >= 11 is 2.51. The summed E-state index contributed by atoms with van der Waals surface area (Å²) in [7, 11) is 5.16. The highest BCUT2D eigenvalue weighted by molar-refractivity contribution is 7.99. The first kappa shape index (κ1) is 67.1. The number of aromatic nitrogens is 1. The number of Topliss-reactive ketones (excluding diaryl/α,β-unsaturated/α-hetero) is 1. The van der Waals surface area contributed by atoms with Gasteiger partial charge in [-0.05, 0) is 103 Å². The van der Waals surface area contributed by atoms with Gasteiger partial charge in [-0.2, -0.15) is 11.8 Å². The molecule has 2 aromatic rings. The second-order valence-electron chi connectivity index (χ2n) is 20.8. The van der Waals surface area contributed by atoms with E-state index in [1.54, 1.807) is 31.4 Å². The van der Waals surface area contributed by atoms with Gasteiger partial charge in [0.2, 0.25) is 23.6 Å².